The predicted molar refractivity (Wildman–Crippen MR) is 184 cm³/mol. The average Bonchev–Trinajstić information content (AvgIpc) is 3.40. The van der Waals surface area contributed by atoms with Crippen molar-refractivity contribution in [1.29, 1.82) is 0 Å². The molecule has 7 heteroatoms. The van der Waals surface area contributed by atoms with Gasteiger partial charge in [0.05, 0.1) is 22.9 Å². The fraction of sp³-hybridized carbons (Fsp3) is 0.289. The molecule has 0 saturated heterocycles. The van der Waals surface area contributed by atoms with Gasteiger partial charge in [-0.3, -0.25) is 10.1 Å². The van der Waals surface area contributed by atoms with Crippen LogP contribution in [-0.4, -0.2) is 29.6 Å². The Labute approximate surface area is 269 Å². The van der Waals surface area contributed by atoms with Gasteiger partial charge in [-0.1, -0.05) is 65.9 Å². The Kier molecular flexibility index (Phi) is 8.97. The number of rotatable bonds is 7. The molecule has 5 rings (SSSR count). The number of nitrogens with one attached hydrogen (secondary N) is 1. The minimum absolute atomic E-state index is 0.259. The molecule has 4 aromatic carbocycles. The van der Waals surface area contributed by atoms with Crippen LogP contribution in [0.1, 0.15) is 70.6 Å². The van der Waals surface area contributed by atoms with Crippen LogP contribution in [-0.2, 0) is 14.3 Å². The van der Waals surface area contributed by atoms with Gasteiger partial charge in [0, 0.05) is 16.7 Å². The smallest absolute Gasteiger partial charge is 0.339 e. The van der Waals surface area contributed by atoms with Crippen LogP contribution in [0.25, 0.3) is 32.5 Å². The number of carbonyl (C=O) groups excluding carboxylic acids is 2. The number of amides is 1. The van der Waals surface area contributed by atoms with Crippen LogP contribution in [0.4, 0.5) is 5.13 Å². The van der Waals surface area contributed by atoms with Gasteiger partial charge in [0.25, 0.3) is 5.91 Å². The van der Waals surface area contributed by atoms with Crippen LogP contribution in [0.15, 0.2) is 66.7 Å². The number of thiazole rings is 1. The molecular formula is C38H40N2O4S. The van der Waals surface area contributed by atoms with E-state index in [1.165, 1.54) is 29.6 Å². The number of ether oxygens (including phenoxy) is 2. The van der Waals surface area contributed by atoms with Gasteiger partial charge in [-0.25, -0.2) is 9.78 Å². The molecule has 1 N–H and O–H groups in total. The molecule has 0 fully saturated rings. The van der Waals surface area contributed by atoms with Crippen molar-refractivity contribution in [2.45, 2.75) is 67.1 Å². The molecule has 0 aliphatic carbocycles. The molecule has 0 spiro atoms. The number of hydrogen-bond donors (Lipinski definition) is 1. The SMILES string of the molecule is COC(=O)C(OC(C)(C)C)c1c(-c2ccc(C)c(C)c2)c(C)c(-c2ccc(C)c(C)c2)c2nc(NC(=O)c3ccccc3)sc12. The van der Waals surface area contributed by atoms with Crippen molar-refractivity contribution >= 4 is 38.6 Å². The summed E-state index contributed by atoms with van der Waals surface area (Å²) < 4.78 is 12.6. The van der Waals surface area contributed by atoms with E-state index < -0.39 is 17.7 Å². The maximum absolute atomic E-state index is 13.6. The summed E-state index contributed by atoms with van der Waals surface area (Å²) in [5.41, 5.74) is 10.7. The lowest BCUT2D eigenvalue weighted by Crippen LogP contribution is -2.29. The van der Waals surface area contributed by atoms with Crippen molar-refractivity contribution < 1.29 is 19.1 Å². The van der Waals surface area contributed by atoms with E-state index in [1.54, 1.807) is 12.1 Å². The van der Waals surface area contributed by atoms with E-state index >= 15 is 0 Å². The second-order valence-corrected chi connectivity index (χ2v) is 13.5. The zero-order chi connectivity index (χ0) is 32.6. The number of methoxy groups -OCH3 is 1. The molecule has 1 amide bonds. The lowest BCUT2D eigenvalue weighted by Gasteiger charge is -2.29. The number of benzene rings is 4. The molecule has 0 bridgehead atoms. The maximum Gasteiger partial charge on any atom is 0.339 e. The summed E-state index contributed by atoms with van der Waals surface area (Å²) in [4.78, 5) is 31.9. The van der Waals surface area contributed by atoms with Crippen LogP contribution < -0.4 is 5.32 Å². The third-order valence-corrected chi connectivity index (χ3v) is 9.13. The fourth-order valence-electron chi connectivity index (χ4n) is 5.56. The summed E-state index contributed by atoms with van der Waals surface area (Å²) in [6.07, 6.45) is -1.04. The average molecular weight is 621 g/mol. The lowest BCUT2D eigenvalue weighted by molar-refractivity contribution is -0.164. The molecule has 1 heterocycles. The van der Waals surface area contributed by atoms with Crippen molar-refractivity contribution in [3.8, 4) is 22.3 Å². The third kappa shape index (κ3) is 6.56. The monoisotopic (exact) mass is 620 g/mol. The van der Waals surface area contributed by atoms with Crippen LogP contribution >= 0.6 is 11.3 Å². The Balaban J connectivity index is 1.90. The summed E-state index contributed by atoms with van der Waals surface area (Å²) in [5.74, 6) is -0.761. The molecule has 232 valence electrons. The molecule has 1 unspecified atom stereocenters. The van der Waals surface area contributed by atoms with Gasteiger partial charge in [-0.05, 0) is 112 Å². The first-order valence-electron chi connectivity index (χ1n) is 15.0. The lowest BCUT2D eigenvalue weighted by atomic mass is 9.84. The third-order valence-electron chi connectivity index (χ3n) is 8.12. The van der Waals surface area contributed by atoms with Gasteiger partial charge < -0.3 is 9.47 Å². The second kappa shape index (κ2) is 12.6. The number of anilines is 1. The van der Waals surface area contributed by atoms with E-state index in [4.69, 9.17) is 14.5 Å². The highest BCUT2D eigenvalue weighted by molar-refractivity contribution is 7.22. The van der Waals surface area contributed by atoms with E-state index in [0.29, 0.717) is 21.8 Å². The molecule has 0 aliphatic rings. The zero-order valence-electron chi connectivity index (χ0n) is 27.4. The quantitative estimate of drug-likeness (QED) is 0.183. The van der Waals surface area contributed by atoms with Gasteiger partial charge in [-0.2, -0.15) is 0 Å². The predicted octanol–water partition coefficient (Wildman–Crippen LogP) is 9.45. The van der Waals surface area contributed by atoms with Crippen LogP contribution in [0.3, 0.4) is 0 Å². The number of aryl methyl sites for hydroxylation is 4. The number of hydrogen-bond acceptors (Lipinski definition) is 6. The first-order valence-corrected chi connectivity index (χ1v) is 15.8. The highest BCUT2D eigenvalue weighted by atomic mass is 32.1. The Hall–Kier alpha value is -4.33. The van der Waals surface area contributed by atoms with Gasteiger partial charge in [-0.15, -0.1) is 0 Å². The highest BCUT2D eigenvalue weighted by Crippen LogP contribution is 2.48. The largest absolute Gasteiger partial charge is 0.467 e. The molecule has 5 aromatic rings. The molecule has 6 nitrogen and oxygen atoms in total. The van der Waals surface area contributed by atoms with E-state index in [-0.39, 0.29) is 5.91 Å². The molecule has 1 atom stereocenters. The summed E-state index contributed by atoms with van der Waals surface area (Å²) in [5, 5.41) is 3.44. The Bertz CT molecular complexity index is 1920. The van der Waals surface area contributed by atoms with Crippen molar-refractivity contribution in [3.05, 3.63) is 106 Å². The minimum atomic E-state index is -1.04. The molecule has 0 radical (unpaired) electrons. The molecule has 1 aromatic heterocycles. The van der Waals surface area contributed by atoms with Crippen molar-refractivity contribution in [2.24, 2.45) is 0 Å². The van der Waals surface area contributed by atoms with Crippen LogP contribution in [0, 0.1) is 34.6 Å². The van der Waals surface area contributed by atoms with Gasteiger partial charge in [0.2, 0.25) is 0 Å². The van der Waals surface area contributed by atoms with Gasteiger partial charge in [0.15, 0.2) is 11.2 Å². The maximum atomic E-state index is 13.6. The summed E-state index contributed by atoms with van der Waals surface area (Å²) in [6, 6.07) is 21.8. The summed E-state index contributed by atoms with van der Waals surface area (Å²) >= 11 is 1.34. The highest BCUT2D eigenvalue weighted by Gasteiger charge is 2.35. The van der Waals surface area contributed by atoms with Crippen LogP contribution in [0.2, 0.25) is 0 Å². The standard InChI is InChI=1S/C38H40N2O4S/c1-21-15-17-27(19-23(21)3)29-25(5)30(28-18-16-22(2)24(4)20-28)32-34(31(29)33(36(42)43-9)44-38(6,7)8)45-37(39-32)40-35(41)26-13-11-10-12-14-26/h10-20,33H,1-9H3,(H,39,40,41). The molecule has 0 aliphatic heterocycles. The number of fused-ring (bicyclic) bond motifs is 1. The molecular weight excluding hydrogens is 580 g/mol. The Morgan fingerprint density at radius 3 is 1.91 bits per heavy atom. The van der Waals surface area contributed by atoms with E-state index in [0.717, 1.165) is 43.6 Å². The normalized spacial score (nSPS) is 12.3. The van der Waals surface area contributed by atoms with E-state index in [9.17, 15) is 9.59 Å². The number of carbonyl (C=O) groups is 2. The number of nitrogens with zero attached hydrogens (tertiary/aromatic N) is 1. The molecule has 45 heavy (non-hydrogen) atoms. The first kappa shape index (κ1) is 32.1. The van der Waals surface area contributed by atoms with Crippen molar-refractivity contribution in [3.63, 3.8) is 0 Å². The number of esters is 1. The van der Waals surface area contributed by atoms with Gasteiger partial charge in [0.1, 0.15) is 0 Å². The Morgan fingerprint density at radius 2 is 1.38 bits per heavy atom. The van der Waals surface area contributed by atoms with E-state index in [1.807, 2.05) is 39.0 Å². The van der Waals surface area contributed by atoms with E-state index in [2.05, 4.69) is 76.3 Å². The first-order chi connectivity index (χ1) is 21.3. The summed E-state index contributed by atoms with van der Waals surface area (Å²) in [6.45, 7) is 16.2. The summed E-state index contributed by atoms with van der Waals surface area (Å²) in [7, 11) is 1.38. The van der Waals surface area contributed by atoms with Crippen molar-refractivity contribution in [2.75, 3.05) is 12.4 Å². The van der Waals surface area contributed by atoms with Crippen molar-refractivity contribution in [1.82, 2.24) is 4.98 Å². The minimum Gasteiger partial charge on any atom is -0.467 e. The second-order valence-electron chi connectivity index (χ2n) is 12.5. The number of aromatic nitrogens is 1. The fourth-order valence-corrected chi connectivity index (χ4v) is 6.59. The molecule has 0 saturated carbocycles. The van der Waals surface area contributed by atoms with Crippen LogP contribution in [0.5, 0.6) is 0 Å². The topological polar surface area (TPSA) is 77.5 Å². The Morgan fingerprint density at radius 1 is 0.800 bits per heavy atom. The van der Waals surface area contributed by atoms with Gasteiger partial charge >= 0.3 is 5.97 Å². The zero-order valence-corrected chi connectivity index (χ0v) is 28.2.